The molecule has 0 amide bonds. The van der Waals surface area contributed by atoms with E-state index in [9.17, 15) is 0 Å². The first kappa shape index (κ1) is 10.2. The van der Waals surface area contributed by atoms with Crippen LogP contribution in [-0.4, -0.2) is 12.6 Å². The molecule has 2 aliphatic rings. The standard InChI is InChI=1S/C13H23N/c1-3-7-12(8-4-1)11-14-13-9-5-2-6-10-13/h5,9,12-14H,1-4,6-8,10-11H2. The van der Waals surface area contributed by atoms with E-state index in [0.717, 1.165) is 5.92 Å². The van der Waals surface area contributed by atoms with E-state index in [0.29, 0.717) is 6.04 Å². The van der Waals surface area contributed by atoms with Gasteiger partial charge in [0.1, 0.15) is 0 Å². The first-order valence-electron chi connectivity index (χ1n) is 6.35. The third kappa shape index (κ3) is 3.13. The van der Waals surface area contributed by atoms with Crippen molar-refractivity contribution in [1.82, 2.24) is 5.32 Å². The molecule has 0 aromatic rings. The topological polar surface area (TPSA) is 12.0 Å². The number of hydrogen-bond donors (Lipinski definition) is 1. The second-order valence-corrected chi connectivity index (χ2v) is 4.88. The van der Waals surface area contributed by atoms with E-state index >= 15 is 0 Å². The summed E-state index contributed by atoms with van der Waals surface area (Å²) in [5.74, 6) is 0.971. The van der Waals surface area contributed by atoms with E-state index in [1.54, 1.807) is 0 Å². The number of hydrogen-bond acceptors (Lipinski definition) is 1. The maximum absolute atomic E-state index is 3.70. The van der Waals surface area contributed by atoms with Crippen LogP contribution in [0.1, 0.15) is 51.4 Å². The van der Waals surface area contributed by atoms with Crippen molar-refractivity contribution in [3.8, 4) is 0 Å². The van der Waals surface area contributed by atoms with Crippen molar-refractivity contribution >= 4 is 0 Å². The van der Waals surface area contributed by atoms with Crippen molar-refractivity contribution in [3.05, 3.63) is 12.2 Å². The van der Waals surface area contributed by atoms with E-state index in [2.05, 4.69) is 17.5 Å². The Kier molecular flexibility index (Phi) is 4.05. The lowest BCUT2D eigenvalue weighted by Gasteiger charge is -2.25. The van der Waals surface area contributed by atoms with Gasteiger partial charge in [0.25, 0.3) is 0 Å². The lowest BCUT2D eigenvalue weighted by atomic mass is 9.89. The lowest BCUT2D eigenvalue weighted by Crippen LogP contribution is -2.33. The normalized spacial score (nSPS) is 29.3. The first-order chi connectivity index (χ1) is 6.95. The zero-order valence-electron chi connectivity index (χ0n) is 9.17. The minimum absolute atomic E-state index is 0.686. The van der Waals surface area contributed by atoms with Crippen LogP contribution in [0.25, 0.3) is 0 Å². The highest BCUT2D eigenvalue weighted by Crippen LogP contribution is 2.23. The predicted octanol–water partition coefficient (Wildman–Crippen LogP) is 3.27. The molecule has 0 radical (unpaired) electrons. The van der Waals surface area contributed by atoms with Gasteiger partial charge in [-0.3, -0.25) is 0 Å². The van der Waals surface area contributed by atoms with E-state index in [1.165, 1.54) is 57.9 Å². The minimum atomic E-state index is 0.686. The van der Waals surface area contributed by atoms with Gasteiger partial charge in [0, 0.05) is 6.04 Å². The zero-order valence-corrected chi connectivity index (χ0v) is 9.17. The van der Waals surface area contributed by atoms with Crippen LogP contribution in [0.2, 0.25) is 0 Å². The summed E-state index contributed by atoms with van der Waals surface area (Å²) in [6, 6.07) is 0.686. The van der Waals surface area contributed by atoms with Crippen LogP contribution in [-0.2, 0) is 0 Å². The molecule has 0 bridgehead atoms. The predicted molar refractivity (Wildman–Crippen MR) is 61.4 cm³/mol. The van der Waals surface area contributed by atoms with Crippen molar-refractivity contribution in [1.29, 1.82) is 0 Å². The highest BCUT2D eigenvalue weighted by Gasteiger charge is 2.15. The molecule has 0 spiro atoms. The van der Waals surface area contributed by atoms with Crippen LogP contribution >= 0.6 is 0 Å². The Balaban J connectivity index is 1.65. The minimum Gasteiger partial charge on any atom is -0.310 e. The maximum atomic E-state index is 3.70. The van der Waals surface area contributed by atoms with Gasteiger partial charge in [0.05, 0.1) is 0 Å². The summed E-state index contributed by atoms with van der Waals surface area (Å²) in [4.78, 5) is 0. The molecule has 1 N–H and O–H groups in total. The molecule has 2 rings (SSSR count). The van der Waals surface area contributed by atoms with Gasteiger partial charge in [-0.15, -0.1) is 0 Å². The van der Waals surface area contributed by atoms with Crippen LogP contribution < -0.4 is 5.32 Å². The summed E-state index contributed by atoms with van der Waals surface area (Å²) >= 11 is 0. The summed E-state index contributed by atoms with van der Waals surface area (Å²) in [7, 11) is 0. The Labute approximate surface area is 88.0 Å². The van der Waals surface area contributed by atoms with Gasteiger partial charge < -0.3 is 5.32 Å². The highest BCUT2D eigenvalue weighted by molar-refractivity contribution is 4.97. The van der Waals surface area contributed by atoms with Crippen molar-refractivity contribution in [2.45, 2.75) is 57.4 Å². The van der Waals surface area contributed by atoms with Crippen molar-refractivity contribution in [2.75, 3.05) is 6.54 Å². The van der Waals surface area contributed by atoms with Gasteiger partial charge in [-0.1, -0.05) is 31.4 Å². The van der Waals surface area contributed by atoms with Gasteiger partial charge in [-0.25, -0.2) is 0 Å². The third-order valence-corrected chi connectivity index (χ3v) is 3.65. The summed E-state index contributed by atoms with van der Waals surface area (Å²) in [6.07, 6.45) is 16.0. The fraction of sp³-hybridized carbons (Fsp3) is 0.846. The van der Waals surface area contributed by atoms with Crippen LogP contribution in [0.3, 0.4) is 0 Å². The summed E-state index contributed by atoms with van der Waals surface area (Å²) in [5.41, 5.74) is 0. The zero-order chi connectivity index (χ0) is 9.64. The van der Waals surface area contributed by atoms with E-state index in [1.807, 2.05) is 0 Å². The molecule has 0 saturated heterocycles. The monoisotopic (exact) mass is 193 g/mol. The van der Waals surface area contributed by atoms with Crippen molar-refractivity contribution in [2.24, 2.45) is 5.92 Å². The summed E-state index contributed by atoms with van der Waals surface area (Å²) < 4.78 is 0. The number of nitrogens with one attached hydrogen (secondary N) is 1. The van der Waals surface area contributed by atoms with Crippen molar-refractivity contribution in [3.63, 3.8) is 0 Å². The summed E-state index contributed by atoms with van der Waals surface area (Å²) in [6.45, 7) is 1.26. The fourth-order valence-corrected chi connectivity index (χ4v) is 2.69. The molecule has 1 unspecified atom stereocenters. The van der Waals surface area contributed by atoms with Crippen LogP contribution in [0.4, 0.5) is 0 Å². The molecule has 2 aliphatic carbocycles. The van der Waals surface area contributed by atoms with E-state index < -0.39 is 0 Å². The maximum Gasteiger partial charge on any atom is 0.0250 e. The molecule has 1 fully saturated rings. The van der Waals surface area contributed by atoms with Gasteiger partial charge in [-0.2, -0.15) is 0 Å². The van der Waals surface area contributed by atoms with Gasteiger partial charge >= 0.3 is 0 Å². The Morgan fingerprint density at radius 1 is 1.00 bits per heavy atom. The summed E-state index contributed by atoms with van der Waals surface area (Å²) in [5, 5.41) is 3.70. The third-order valence-electron chi connectivity index (χ3n) is 3.65. The van der Waals surface area contributed by atoms with Gasteiger partial charge in [0.15, 0.2) is 0 Å². The molecule has 80 valence electrons. The van der Waals surface area contributed by atoms with Crippen LogP contribution in [0.5, 0.6) is 0 Å². The molecule has 0 aromatic carbocycles. The molecule has 1 atom stereocenters. The quantitative estimate of drug-likeness (QED) is 0.678. The van der Waals surface area contributed by atoms with Gasteiger partial charge in [-0.05, 0) is 44.6 Å². The molecular weight excluding hydrogens is 170 g/mol. The van der Waals surface area contributed by atoms with Crippen LogP contribution in [0, 0.1) is 5.92 Å². The molecule has 0 heterocycles. The number of rotatable bonds is 3. The van der Waals surface area contributed by atoms with Crippen LogP contribution in [0.15, 0.2) is 12.2 Å². The first-order valence-corrected chi connectivity index (χ1v) is 6.35. The largest absolute Gasteiger partial charge is 0.310 e. The Hall–Kier alpha value is -0.300. The van der Waals surface area contributed by atoms with E-state index in [4.69, 9.17) is 0 Å². The van der Waals surface area contributed by atoms with Crippen molar-refractivity contribution < 1.29 is 0 Å². The van der Waals surface area contributed by atoms with Gasteiger partial charge in [0.2, 0.25) is 0 Å². The fourth-order valence-electron chi connectivity index (χ4n) is 2.69. The Bertz CT molecular complexity index is 180. The SMILES string of the molecule is C1=CC(NCC2CCCCC2)CCC1. The average molecular weight is 193 g/mol. The molecule has 0 aliphatic heterocycles. The molecule has 14 heavy (non-hydrogen) atoms. The highest BCUT2D eigenvalue weighted by atomic mass is 14.9. The molecule has 1 saturated carbocycles. The lowest BCUT2D eigenvalue weighted by molar-refractivity contribution is 0.330. The van der Waals surface area contributed by atoms with E-state index in [-0.39, 0.29) is 0 Å². The molecule has 1 nitrogen and oxygen atoms in total. The Morgan fingerprint density at radius 2 is 1.86 bits per heavy atom. The second-order valence-electron chi connectivity index (χ2n) is 4.88. The number of allylic oxidation sites excluding steroid dienone is 1. The Morgan fingerprint density at radius 3 is 2.57 bits per heavy atom. The molecule has 1 heteroatoms. The second kappa shape index (κ2) is 5.55. The smallest absolute Gasteiger partial charge is 0.0250 e. The average Bonchev–Trinajstić information content (AvgIpc) is 2.29. The molecule has 0 aromatic heterocycles. The molecular formula is C13H23N.